The Morgan fingerprint density at radius 2 is 1.95 bits per heavy atom. The molecule has 0 fully saturated rings. The van der Waals surface area contributed by atoms with Gasteiger partial charge in [-0.2, -0.15) is 0 Å². The third-order valence-electron chi connectivity index (χ3n) is 3.59. The Morgan fingerprint density at radius 1 is 1.24 bits per heavy atom. The number of rotatable bonds is 3. The molecule has 0 saturated heterocycles. The Hall–Kier alpha value is -2.01. The van der Waals surface area contributed by atoms with Crippen molar-refractivity contribution in [1.82, 2.24) is 14.5 Å². The van der Waals surface area contributed by atoms with Gasteiger partial charge in [-0.15, -0.1) is 0 Å². The van der Waals surface area contributed by atoms with Gasteiger partial charge in [0.15, 0.2) is 10.4 Å². The summed E-state index contributed by atoms with van der Waals surface area (Å²) >= 11 is 5.42. The summed E-state index contributed by atoms with van der Waals surface area (Å²) in [4.78, 5) is 7.76. The van der Waals surface area contributed by atoms with Crippen LogP contribution >= 0.6 is 12.2 Å². The van der Waals surface area contributed by atoms with Gasteiger partial charge in [-0.3, -0.25) is 4.57 Å². The molecule has 2 aromatic heterocycles. The average molecular weight is 301 g/mol. The van der Waals surface area contributed by atoms with E-state index < -0.39 is 0 Å². The molecule has 108 valence electrons. The molecule has 0 aliphatic heterocycles. The fourth-order valence-electron chi connectivity index (χ4n) is 2.56. The Bertz CT molecular complexity index is 833. The molecule has 3 nitrogen and oxygen atoms in total. The first-order valence-corrected chi connectivity index (χ1v) is 7.28. The third kappa shape index (κ3) is 2.74. The highest BCUT2D eigenvalue weighted by Crippen LogP contribution is 2.21. The van der Waals surface area contributed by atoms with Crippen LogP contribution in [-0.4, -0.2) is 14.5 Å². The zero-order chi connectivity index (χ0) is 15.0. The molecule has 0 bridgehead atoms. The SMILES string of the molecule is Cc1ccc2[nH]c(=S)n(C(C)Cc3ccc(F)cc3)c2n1. The molecule has 0 radical (unpaired) electrons. The van der Waals surface area contributed by atoms with Gasteiger partial charge in [0.2, 0.25) is 0 Å². The van der Waals surface area contributed by atoms with E-state index in [2.05, 4.69) is 16.9 Å². The molecule has 3 rings (SSSR count). The highest BCUT2D eigenvalue weighted by Gasteiger charge is 2.13. The van der Waals surface area contributed by atoms with Crippen LogP contribution in [0.15, 0.2) is 36.4 Å². The summed E-state index contributed by atoms with van der Waals surface area (Å²) in [6.45, 7) is 4.06. The highest BCUT2D eigenvalue weighted by atomic mass is 32.1. The topological polar surface area (TPSA) is 33.6 Å². The van der Waals surface area contributed by atoms with Crippen molar-refractivity contribution in [3.05, 3.63) is 58.2 Å². The first kappa shape index (κ1) is 13.9. The van der Waals surface area contributed by atoms with Gasteiger partial charge >= 0.3 is 0 Å². The lowest BCUT2D eigenvalue weighted by Gasteiger charge is -2.14. The lowest BCUT2D eigenvalue weighted by Crippen LogP contribution is -2.09. The molecule has 2 heterocycles. The zero-order valence-electron chi connectivity index (χ0n) is 11.9. The molecule has 1 N–H and O–H groups in total. The number of benzene rings is 1. The summed E-state index contributed by atoms with van der Waals surface area (Å²) in [6.07, 6.45) is 0.775. The Labute approximate surface area is 127 Å². The van der Waals surface area contributed by atoms with E-state index in [4.69, 9.17) is 12.2 Å². The first-order chi connectivity index (χ1) is 10.0. The van der Waals surface area contributed by atoms with Crippen molar-refractivity contribution in [1.29, 1.82) is 0 Å². The van der Waals surface area contributed by atoms with Gasteiger partial charge in [0.1, 0.15) is 5.82 Å². The number of pyridine rings is 1. The zero-order valence-corrected chi connectivity index (χ0v) is 12.7. The maximum absolute atomic E-state index is 13.0. The molecule has 1 unspecified atom stereocenters. The minimum atomic E-state index is -0.215. The van der Waals surface area contributed by atoms with Crippen molar-refractivity contribution >= 4 is 23.4 Å². The normalized spacial score (nSPS) is 12.7. The highest BCUT2D eigenvalue weighted by molar-refractivity contribution is 7.71. The molecule has 21 heavy (non-hydrogen) atoms. The minimum Gasteiger partial charge on any atom is -0.329 e. The van der Waals surface area contributed by atoms with Crippen LogP contribution in [0.4, 0.5) is 4.39 Å². The molecule has 1 atom stereocenters. The monoisotopic (exact) mass is 301 g/mol. The van der Waals surface area contributed by atoms with E-state index in [-0.39, 0.29) is 11.9 Å². The fraction of sp³-hybridized carbons (Fsp3) is 0.250. The van der Waals surface area contributed by atoms with Crippen molar-refractivity contribution in [3.8, 4) is 0 Å². The molecule has 0 saturated carbocycles. The number of imidazole rings is 1. The van der Waals surface area contributed by atoms with E-state index in [1.165, 1.54) is 12.1 Å². The minimum absolute atomic E-state index is 0.144. The molecule has 0 aliphatic carbocycles. The van der Waals surface area contributed by atoms with Crippen molar-refractivity contribution in [2.75, 3.05) is 0 Å². The number of hydrogen-bond donors (Lipinski definition) is 1. The number of nitrogens with zero attached hydrogens (tertiary/aromatic N) is 2. The van der Waals surface area contributed by atoms with E-state index in [1.807, 2.05) is 35.8 Å². The van der Waals surface area contributed by atoms with Gasteiger partial charge in [0.05, 0.1) is 5.52 Å². The smallest absolute Gasteiger partial charge is 0.179 e. The number of aromatic nitrogens is 3. The standard InChI is InChI=1S/C16H16FN3S/c1-10-3-8-14-15(18-10)20(16(21)19-14)11(2)9-12-4-6-13(17)7-5-12/h3-8,11H,9H2,1-2H3,(H,19,21). The van der Waals surface area contributed by atoms with Crippen LogP contribution in [0.5, 0.6) is 0 Å². The Morgan fingerprint density at radius 3 is 2.67 bits per heavy atom. The summed E-state index contributed by atoms with van der Waals surface area (Å²) in [5.41, 5.74) is 3.85. The number of fused-ring (bicyclic) bond motifs is 1. The van der Waals surface area contributed by atoms with Gasteiger partial charge in [0, 0.05) is 11.7 Å². The molecule has 0 aliphatic rings. The lowest BCUT2D eigenvalue weighted by atomic mass is 10.1. The van der Waals surface area contributed by atoms with Crippen LogP contribution in [0.1, 0.15) is 24.2 Å². The quantitative estimate of drug-likeness (QED) is 0.730. The largest absolute Gasteiger partial charge is 0.329 e. The second kappa shape index (κ2) is 5.41. The van der Waals surface area contributed by atoms with Gasteiger partial charge < -0.3 is 4.98 Å². The van der Waals surface area contributed by atoms with E-state index in [1.54, 1.807) is 0 Å². The Balaban J connectivity index is 1.99. The van der Waals surface area contributed by atoms with Crippen molar-refractivity contribution in [2.24, 2.45) is 0 Å². The van der Waals surface area contributed by atoms with Gasteiger partial charge in [0.25, 0.3) is 0 Å². The first-order valence-electron chi connectivity index (χ1n) is 6.87. The number of halogens is 1. The maximum Gasteiger partial charge on any atom is 0.179 e. The predicted molar refractivity (Wildman–Crippen MR) is 84.5 cm³/mol. The molecule has 0 spiro atoms. The summed E-state index contributed by atoms with van der Waals surface area (Å²) in [7, 11) is 0. The van der Waals surface area contributed by atoms with Crippen LogP contribution in [0.25, 0.3) is 11.2 Å². The van der Waals surface area contributed by atoms with Crippen LogP contribution in [0, 0.1) is 17.5 Å². The molecular formula is C16H16FN3S. The van der Waals surface area contributed by atoms with E-state index >= 15 is 0 Å². The van der Waals surface area contributed by atoms with Crippen LogP contribution in [0.3, 0.4) is 0 Å². The third-order valence-corrected chi connectivity index (χ3v) is 3.89. The Kier molecular flexibility index (Phi) is 3.59. The predicted octanol–water partition coefficient (Wildman–Crippen LogP) is 4.35. The van der Waals surface area contributed by atoms with E-state index in [0.29, 0.717) is 4.77 Å². The number of nitrogens with one attached hydrogen (secondary N) is 1. The fourth-order valence-corrected chi connectivity index (χ4v) is 2.93. The average Bonchev–Trinajstić information content (AvgIpc) is 2.76. The van der Waals surface area contributed by atoms with Crippen molar-refractivity contribution < 1.29 is 4.39 Å². The number of hydrogen-bond acceptors (Lipinski definition) is 2. The van der Waals surface area contributed by atoms with Gasteiger partial charge in [-0.05, 0) is 62.3 Å². The van der Waals surface area contributed by atoms with Gasteiger partial charge in [-0.1, -0.05) is 12.1 Å². The lowest BCUT2D eigenvalue weighted by molar-refractivity contribution is 0.548. The van der Waals surface area contributed by atoms with Crippen LogP contribution in [-0.2, 0) is 6.42 Å². The number of aromatic amines is 1. The molecule has 1 aromatic carbocycles. The summed E-state index contributed by atoms with van der Waals surface area (Å²) in [5.74, 6) is -0.215. The maximum atomic E-state index is 13.0. The van der Waals surface area contributed by atoms with Crippen molar-refractivity contribution in [2.45, 2.75) is 26.3 Å². The van der Waals surface area contributed by atoms with Crippen molar-refractivity contribution in [3.63, 3.8) is 0 Å². The summed E-state index contributed by atoms with van der Waals surface area (Å²) in [6, 6.07) is 10.7. The number of H-pyrrole nitrogens is 1. The second-order valence-electron chi connectivity index (χ2n) is 5.30. The summed E-state index contributed by atoms with van der Waals surface area (Å²) in [5, 5.41) is 0. The second-order valence-corrected chi connectivity index (χ2v) is 5.69. The van der Waals surface area contributed by atoms with E-state index in [9.17, 15) is 4.39 Å². The molecular weight excluding hydrogens is 285 g/mol. The van der Waals surface area contributed by atoms with Crippen LogP contribution < -0.4 is 0 Å². The summed E-state index contributed by atoms with van der Waals surface area (Å²) < 4.78 is 15.7. The molecule has 5 heteroatoms. The molecule has 0 amide bonds. The number of aryl methyl sites for hydroxylation is 1. The van der Waals surface area contributed by atoms with Crippen LogP contribution in [0.2, 0.25) is 0 Å². The molecule has 3 aromatic rings. The van der Waals surface area contributed by atoms with Gasteiger partial charge in [-0.25, -0.2) is 9.37 Å². The van der Waals surface area contributed by atoms with E-state index in [0.717, 1.165) is 28.8 Å².